The smallest absolute Gasteiger partial charge is 0.249 e. The zero-order chi connectivity index (χ0) is 27.4. The zero-order valence-corrected chi connectivity index (χ0v) is 22.5. The third kappa shape index (κ3) is 5.43. The van der Waals surface area contributed by atoms with Gasteiger partial charge in [0.2, 0.25) is 11.8 Å². The van der Waals surface area contributed by atoms with Gasteiger partial charge in [0.05, 0.1) is 19.7 Å². The summed E-state index contributed by atoms with van der Waals surface area (Å²) in [6.07, 6.45) is 4.03. The lowest BCUT2D eigenvalue weighted by Crippen LogP contribution is -2.47. The van der Waals surface area contributed by atoms with Crippen molar-refractivity contribution in [2.24, 2.45) is 0 Å². The Morgan fingerprint density at radius 2 is 1.72 bits per heavy atom. The molecule has 0 bridgehead atoms. The molecule has 5 rings (SSSR count). The van der Waals surface area contributed by atoms with Crippen molar-refractivity contribution in [3.63, 3.8) is 0 Å². The van der Waals surface area contributed by atoms with Crippen molar-refractivity contribution in [3.8, 4) is 11.5 Å². The van der Waals surface area contributed by atoms with Crippen LogP contribution in [0, 0.1) is 6.92 Å². The molecule has 1 saturated carbocycles. The van der Waals surface area contributed by atoms with E-state index in [0.717, 1.165) is 42.3 Å². The van der Waals surface area contributed by atoms with Crippen LogP contribution in [0.4, 0.5) is 5.69 Å². The molecule has 1 atom stereocenters. The molecule has 0 saturated heterocycles. The van der Waals surface area contributed by atoms with Crippen LogP contribution in [-0.4, -0.2) is 47.1 Å². The van der Waals surface area contributed by atoms with Crippen molar-refractivity contribution in [1.82, 2.24) is 20.3 Å². The molecule has 1 N–H and O–H groups in total. The zero-order valence-electron chi connectivity index (χ0n) is 22.5. The summed E-state index contributed by atoms with van der Waals surface area (Å²) < 4.78 is 12.6. The van der Waals surface area contributed by atoms with Gasteiger partial charge in [-0.1, -0.05) is 54.5 Å². The number of nitrogens with zero attached hydrogens (tertiary/aromatic N) is 4. The molecule has 1 heterocycles. The van der Waals surface area contributed by atoms with Gasteiger partial charge in [-0.05, 0) is 55.2 Å². The minimum Gasteiger partial charge on any atom is -0.493 e. The highest BCUT2D eigenvalue weighted by Crippen LogP contribution is 2.36. The summed E-state index contributed by atoms with van der Waals surface area (Å²) in [5.74, 6) is 0.452. The molecule has 9 nitrogen and oxygen atoms in total. The number of para-hydroxylation sites is 1. The number of aryl methyl sites for hydroxylation is 1. The third-order valence-electron chi connectivity index (χ3n) is 7.31. The Hall–Kier alpha value is -4.40. The quantitative estimate of drug-likeness (QED) is 0.342. The van der Waals surface area contributed by atoms with Gasteiger partial charge >= 0.3 is 0 Å². The maximum Gasteiger partial charge on any atom is 0.249 e. The van der Waals surface area contributed by atoms with Gasteiger partial charge in [0, 0.05) is 17.8 Å². The molecule has 0 unspecified atom stereocenters. The number of nitrogens with one attached hydrogen (secondary N) is 1. The number of amides is 2. The van der Waals surface area contributed by atoms with E-state index in [4.69, 9.17) is 9.47 Å². The van der Waals surface area contributed by atoms with Crippen molar-refractivity contribution < 1.29 is 19.1 Å². The van der Waals surface area contributed by atoms with Crippen molar-refractivity contribution in [2.75, 3.05) is 19.1 Å². The Labute approximate surface area is 227 Å². The first-order chi connectivity index (χ1) is 19.0. The first-order valence-corrected chi connectivity index (χ1v) is 13.2. The van der Waals surface area contributed by atoms with Crippen LogP contribution in [0.15, 0.2) is 66.7 Å². The van der Waals surface area contributed by atoms with Gasteiger partial charge in [-0.15, -0.1) is 5.10 Å². The molecular formula is C30H33N5O4. The van der Waals surface area contributed by atoms with Crippen molar-refractivity contribution in [2.45, 2.75) is 51.2 Å². The Kier molecular flexibility index (Phi) is 7.76. The van der Waals surface area contributed by atoms with E-state index in [-0.39, 0.29) is 24.4 Å². The highest BCUT2D eigenvalue weighted by atomic mass is 16.5. The molecule has 1 fully saturated rings. The first kappa shape index (κ1) is 26.2. The molecule has 39 heavy (non-hydrogen) atoms. The summed E-state index contributed by atoms with van der Waals surface area (Å²) in [6.45, 7) is 1.85. The van der Waals surface area contributed by atoms with Gasteiger partial charge in [-0.2, -0.15) is 0 Å². The van der Waals surface area contributed by atoms with E-state index in [1.807, 2.05) is 55.5 Å². The van der Waals surface area contributed by atoms with E-state index in [1.165, 1.54) is 0 Å². The minimum atomic E-state index is -0.910. The van der Waals surface area contributed by atoms with Gasteiger partial charge in [0.25, 0.3) is 0 Å². The fraction of sp³-hybridized carbons (Fsp3) is 0.333. The van der Waals surface area contributed by atoms with Crippen LogP contribution >= 0.6 is 0 Å². The second-order valence-corrected chi connectivity index (χ2v) is 9.79. The predicted octanol–water partition coefficient (Wildman–Crippen LogP) is 4.59. The molecular weight excluding hydrogens is 494 g/mol. The average molecular weight is 528 g/mol. The second-order valence-electron chi connectivity index (χ2n) is 9.79. The molecule has 0 spiro atoms. The van der Waals surface area contributed by atoms with Crippen LogP contribution in [0.25, 0.3) is 11.0 Å². The number of anilines is 1. The lowest BCUT2D eigenvalue weighted by molar-refractivity contribution is -0.127. The maximum atomic E-state index is 14.3. The minimum absolute atomic E-state index is 0.0885. The van der Waals surface area contributed by atoms with Gasteiger partial charge in [0.1, 0.15) is 18.1 Å². The van der Waals surface area contributed by atoms with Crippen LogP contribution in [0.2, 0.25) is 0 Å². The van der Waals surface area contributed by atoms with Crippen molar-refractivity contribution >= 4 is 28.5 Å². The molecule has 1 aliphatic carbocycles. The van der Waals surface area contributed by atoms with Gasteiger partial charge in [-0.3, -0.25) is 14.5 Å². The molecule has 9 heteroatoms. The number of benzene rings is 3. The molecule has 1 aromatic heterocycles. The van der Waals surface area contributed by atoms with E-state index in [1.54, 1.807) is 42.0 Å². The Morgan fingerprint density at radius 1 is 1.00 bits per heavy atom. The van der Waals surface area contributed by atoms with Crippen molar-refractivity contribution in [1.29, 1.82) is 0 Å². The predicted molar refractivity (Wildman–Crippen MR) is 149 cm³/mol. The maximum absolute atomic E-state index is 14.3. The number of aromatic nitrogens is 3. The van der Waals surface area contributed by atoms with Crippen LogP contribution in [0.5, 0.6) is 11.5 Å². The number of rotatable bonds is 9. The fourth-order valence-electron chi connectivity index (χ4n) is 5.29. The summed E-state index contributed by atoms with van der Waals surface area (Å²) in [7, 11) is 3.10. The lowest BCUT2D eigenvalue weighted by Gasteiger charge is -2.33. The summed E-state index contributed by atoms with van der Waals surface area (Å²) in [5.41, 5.74) is 3.60. The highest BCUT2D eigenvalue weighted by Gasteiger charge is 2.36. The first-order valence-electron chi connectivity index (χ1n) is 13.2. The highest BCUT2D eigenvalue weighted by molar-refractivity contribution is 6.02. The summed E-state index contributed by atoms with van der Waals surface area (Å²) >= 11 is 0. The topological polar surface area (TPSA) is 98.6 Å². The molecule has 3 aromatic carbocycles. The standard InChI is InChI=1S/C30H33N5O4/c1-20-10-4-7-13-23(20)29(30(37)31-21-11-5-6-12-21)35(22-16-17-26(38-2)27(18-22)39-3)28(36)19-34-25-15-9-8-14-24(25)32-33-34/h4,7-10,13-18,21,29H,5-6,11-12,19H2,1-3H3,(H,31,37)/t29-/m0/s1. The normalized spacial score (nSPS) is 14.2. The van der Waals surface area contributed by atoms with E-state index in [2.05, 4.69) is 15.6 Å². The largest absolute Gasteiger partial charge is 0.493 e. The molecule has 0 aliphatic heterocycles. The number of hydrogen-bond acceptors (Lipinski definition) is 6. The van der Waals surface area contributed by atoms with Crippen molar-refractivity contribution in [3.05, 3.63) is 77.9 Å². The SMILES string of the molecule is COc1ccc(N(C(=O)Cn2nnc3ccccc32)[C@H](C(=O)NC2CCCC2)c2ccccc2C)cc1OC. The Morgan fingerprint density at radius 3 is 2.46 bits per heavy atom. The number of carbonyl (C=O) groups excluding carboxylic acids is 2. The number of methoxy groups -OCH3 is 2. The molecule has 202 valence electrons. The summed E-state index contributed by atoms with van der Waals surface area (Å²) in [5, 5.41) is 11.7. The Balaban J connectivity index is 1.62. The van der Waals surface area contributed by atoms with Crippen LogP contribution in [0.3, 0.4) is 0 Å². The fourth-order valence-corrected chi connectivity index (χ4v) is 5.29. The number of carbonyl (C=O) groups is 2. The van der Waals surface area contributed by atoms with Crippen LogP contribution < -0.4 is 19.7 Å². The van der Waals surface area contributed by atoms with Crippen LogP contribution in [0.1, 0.15) is 42.9 Å². The average Bonchev–Trinajstić information content (AvgIpc) is 3.62. The number of ether oxygens (including phenoxy) is 2. The summed E-state index contributed by atoms with van der Waals surface area (Å²) in [6, 6.07) is 19.6. The van der Waals surface area contributed by atoms with Gasteiger partial charge in [-0.25, -0.2) is 4.68 Å². The lowest BCUT2D eigenvalue weighted by atomic mass is 9.97. The number of fused-ring (bicyclic) bond motifs is 1. The van der Waals surface area contributed by atoms with Gasteiger partial charge in [0.15, 0.2) is 11.5 Å². The van der Waals surface area contributed by atoms with E-state index < -0.39 is 6.04 Å². The molecule has 1 aliphatic rings. The monoisotopic (exact) mass is 527 g/mol. The molecule has 4 aromatic rings. The van der Waals surface area contributed by atoms with E-state index in [9.17, 15) is 9.59 Å². The Bertz CT molecular complexity index is 1480. The van der Waals surface area contributed by atoms with Gasteiger partial charge < -0.3 is 14.8 Å². The molecule has 0 radical (unpaired) electrons. The van der Waals surface area contributed by atoms with E-state index in [0.29, 0.717) is 22.7 Å². The molecule has 2 amide bonds. The third-order valence-corrected chi connectivity index (χ3v) is 7.31. The summed E-state index contributed by atoms with van der Waals surface area (Å²) in [4.78, 5) is 29.9. The second kappa shape index (κ2) is 11.6. The number of hydrogen-bond donors (Lipinski definition) is 1. The van der Waals surface area contributed by atoms with E-state index >= 15 is 0 Å². The van der Waals surface area contributed by atoms with Crippen LogP contribution in [-0.2, 0) is 16.1 Å².